The van der Waals surface area contributed by atoms with Gasteiger partial charge in [-0.25, -0.2) is 4.99 Å². The Labute approximate surface area is 165 Å². The summed E-state index contributed by atoms with van der Waals surface area (Å²) in [7, 11) is 3.26. The summed E-state index contributed by atoms with van der Waals surface area (Å²) in [6.45, 7) is 4.93. The first-order valence-electron chi connectivity index (χ1n) is 9.32. The molecule has 2 heterocycles. The highest BCUT2D eigenvalue weighted by Gasteiger charge is 2.40. The van der Waals surface area contributed by atoms with Gasteiger partial charge in [0, 0.05) is 30.9 Å². The molecule has 0 aromatic heterocycles. The molecule has 0 radical (unpaired) electrons. The highest BCUT2D eigenvalue weighted by atomic mass is 32.2. The Morgan fingerprint density at radius 3 is 2.74 bits per heavy atom. The van der Waals surface area contributed by atoms with Gasteiger partial charge in [0.1, 0.15) is 0 Å². The minimum absolute atomic E-state index is 0.151. The van der Waals surface area contributed by atoms with E-state index in [4.69, 9.17) is 19.9 Å². The van der Waals surface area contributed by atoms with Gasteiger partial charge in [-0.3, -0.25) is 4.90 Å². The Kier molecular flexibility index (Phi) is 7.09. The molecule has 0 aliphatic carbocycles. The Morgan fingerprint density at radius 1 is 1.30 bits per heavy atom. The smallest absolute Gasteiger partial charge is 0.188 e. The number of nitrogens with two attached hydrogens (primary N) is 1. The molecule has 1 aromatic carbocycles. The first-order chi connectivity index (χ1) is 13.2. The lowest BCUT2D eigenvalue weighted by Gasteiger charge is -2.43. The second-order valence-electron chi connectivity index (χ2n) is 6.87. The molecule has 2 saturated heterocycles. The second kappa shape index (κ2) is 9.52. The maximum absolute atomic E-state index is 6.15. The van der Waals surface area contributed by atoms with E-state index in [9.17, 15) is 0 Å². The first-order valence-corrected chi connectivity index (χ1v) is 10.5. The molecular weight excluding hydrogens is 364 g/mol. The van der Waals surface area contributed by atoms with Crippen LogP contribution in [0.1, 0.15) is 12.0 Å². The fraction of sp³-hybridized carbons (Fsp3) is 0.632. The zero-order valence-corrected chi connectivity index (χ0v) is 17.0. The molecule has 1 unspecified atom stereocenters. The molecule has 7 nitrogen and oxygen atoms in total. The van der Waals surface area contributed by atoms with Crippen LogP contribution in [0.2, 0.25) is 0 Å². The van der Waals surface area contributed by atoms with Crippen LogP contribution in [0, 0.1) is 0 Å². The van der Waals surface area contributed by atoms with Gasteiger partial charge in [0.2, 0.25) is 0 Å². The summed E-state index contributed by atoms with van der Waals surface area (Å²) >= 11 is 2.02. The Hall–Kier alpha value is -1.64. The van der Waals surface area contributed by atoms with E-state index in [-0.39, 0.29) is 5.54 Å². The Bertz CT molecular complexity index is 644. The summed E-state index contributed by atoms with van der Waals surface area (Å²) in [6, 6.07) is 5.79. The summed E-state index contributed by atoms with van der Waals surface area (Å²) in [6.07, 6.45) is 1.17. The predicted octanol–water partition coefficient (Wildman–Crippen LogP) is 1.32. The predicted molar refractivity (Wildman–Crippen MR) is 110 cm³/mol. The maximum Gasteiger partial charge on any atom is 0.188 e. The van der Waals surface area contributed by atoms with Crippen LogP contribution in [0.5, 0.6) is 11.5 Å². The van der Waals surface area contributed by atoms with Crippen LogP contribution >= 0.6 is 11.8 Å². The van der Waals surface area contributed by atoms with E-state index in [1.54, 1.807) is 14.2 Å². The van der Waals surface area contributed by atoms with Crippen LogP contribution < -0.4 is 20.5 Å². The number of hydrogen-bond donors (Lipinski definition) is 2. The Balaban J connectivity index is 1.58. The van der Waals surface area contributed by atoms with Crippen molar-refractivity contribution in [1.82, 2.24) is 10.2 Å². The van der Waals surface area contributed by atoms with Crippen molar-refractivity contribution in [2.45, 2.75) is 18.5 Å². The number of methoxy groups -OCH3 is 2. The topological polar surface area (TPSA) is 81.3 Å². The lowest BCUT2D eigenvalue weighted by molar-refractivity contribution is -0.0119. The van der Waals surface area contributed by atoms with Gasteiger partial charge in [0.15, 0.2) is 17.5 Å². The van der Waals surface area contributed by atoms with Crippen LogP contribution in [-0.4, -0.2) is 75.0 Å². The minimum Gasteiger partial charge on any atom is -0.493 e. The van der Waals surface area contributed by atoms with Crippen LogP contribution in [0.3, 0.4) is 0 Å². The van der Waals surface area contributed by atoms with E-state index in [2.05, 4.69) is 15.2 Å². The molecule has 1 atom stereocenters. The van der Waals surface area contributed by atoms with Gasteiger partial charge in [-0.1, -0.05) is 6.07 Å². The number of thioether (sulfide) groups is 1. The molecule has 0 bridgehead atoms. The van der Waals surface area contributed by atoms with Gasteiger partial charge in [-0.2, -0.15) is 11.8 Å². The van der Waals surface area contributed by atoms with E-state index in [0.717, 1.165) is 44.2 Å². The average molecular weight is 395 g/mol. The lowest BCUT2D eigenvalue weighted by Crippen LogP contribution is -2.59. The van der Waals surface area contributed by atoms with Gasteiger partial charge in [-0.05, 0) is 29.9 Å². The number of morpholine rings is 1. The van der Waals surface area contributed by atoms with Crippen molar-refractivity contribution in [1.29, 1.82) is 0 Å². The van der Waals surface area contributed by atoms with Gasteiger partial charge in [0.25, 0.3) is 0 Å². The molecule has 1 aromatic rings. The highest BCUT2D eigenvalue weighted by molar-refractivity contribution is 7.99. The van der Waals surface area contributed by atoms with Crippen LogP contribution in [0.25, 0.3) is 0 Å². The number of nitrogens with one attached hydrogen (secondary N) is 1. The SMILES string of the molecule is COc1ccc(CN=C(N)NCC2(N3CCOCC3)CCSC2)cc1OC. The van der Waals surface area contributed by atoms with Crippen LogP contribution in [0.4, 0.5) is 0 Å². The van der Waals surface area contributed by atoms with E-state index in [1.165, 1.54) is 12.2 Å². The van der Waals surface area contributed by atoms with E-state index < -0.39 is 0 Å². The number of benzene rings is 1. The third kappa shape index (κ3) is 5.00. The van der Waals surface area contributed by atoms with Crippen molar-refractivity contribution in [2.24, 2.45) is 10.7 Å². The van der Waals surface area contributed by atoms with E-state index in [0.29, 0.717) is 24.0 Å². The molecule has 0 spiro atoms. The van der Waals surface area contributed by atoms with Crippen LogP contribution in [-0.2, 0) is 11.3 Å². The summed E-state index contributed by atoms with van der Waals surface area (Å²) in [5.41, 5.74) is 7.32. The van der Waals surface area contributed by atoms with Crippen molar-refractivity contribution in [3.63, 3.8) is 0 Å². The third-order valence-electron chi connectivity index (χ3n) is 5.24. The first kappa shape index (κ1) is 20.1. The molecule has 8 heteroatoms. The number of nitrogens with zero attached hydrogens (tertiary/aromatic N) is 2. The average Bonchev–Trinajstić information content (AvgIpc) is 3.21. The molecule has 3 rings (SSSR count). The maximum atomic E-state index is 6.15. The van der Waals surface area contributed by atoms with Crippen molar-refractivity contribution in [3.05, 3.63) is 23.8 Å². The molecular formula is C19H30N4O3S. The molecule has 0 saturated carbocycles. The number of aliphatic imine (C=N–C) groups is 1. The fourth-order valence-electron chi connectivity index (χ4n) is 3.60. The van der Waals surface area contributed by atoms with Crippen molar-refractivity contribution >= 4 is 17.7 Å². The molecule has 3 N–H and O–H groups in total. The van der Waals surface area contributed by atoms with E-state index >= 15 is 0 Å². The van der Waals surface area contributed by atoms with Gasteiger partial charge >= 0.3 is 0 Å². The number of rotatable bonds is 7. The zero-order valence-electron chi connectivity index (χ0n) is 16.2. The number of guanidine groups is 1. The summed E-state index contributed by atoms with van der Waals surface area (Å²) < 4.78 is 16.1. The van der Waals surface area contributed by atoms with Crippen molar-refractivity contribution in [3.8, 4) is 11.5 Å². The number of ether oxygens (including phenoxy) is 3. The van der Waals surface area contributed by atoms with Crippen LogP contribution in [0.15, 0.2) is 23.2 Å². The standard InChI is InChI=1S/C19H30N4O3S/c1-24-16-4-3-15(11-17(16)25-2)12-21-18(20)22-13-19(5-10-27-14-19)23-6-8-26-9-7-23/h3-4,11H,5-10,12-14H2,1-2H3,(H3,20,21,22). The monoisotopic (exact) mass is 394 g/mol. The number of hydrogen-bond acceptors (Lipinski definition) is 6. The molecule has 0 amide bonds. The summed E-state index contributed by atoms with van der Waals surface area (Å²) in [4.78, 5) is 7.06. The van der Waals surface area contributed by atoms with Gasteiger partial charge in [-0.15, -0.1) is 0 Å². The lowest BCUT2D eigenvalue weighted by atomic mass is 9.95. The fourth-order valence-corrected chi connectivity index (χ4v) is 5.08. The molecule has 2 aliphatic rings. The minimum atomic E-state index is 0.151. The normalized spacial score (nSPS) is 24.0. The molecule has 2 aliphatic heterocycles. The second-order valence-corrected chi connectivity index (χ2v) is 7.98. The van der Waals surface area contributed by atoms with E-state index in [1.807, 2.05) is 30.0 Å². The largest absolute Gasteiger partial charge is 0.493 e. The zero-order chi connectivity index (χ0) is 19.1. The quantitative estimate of drug-likeness (QED) is 0.533. The molecule has 2 fully saturated rings. The highest BCUT2D eigenvalue weighted by Crippen LogP contribution is 2.33. The van der Waals surface area contributed by atoms with Crippen molar-refractivity contribution in [2.75, 3.05) is 58.6 Å². The molecule has 150 valence electrons. The molecule has 27 heavy (non-hydrogen) atoms. The van der Waals surface area contributed by atoms with Crippen molar-refractivity contribution < 1.29 is 14.2 Å². The van der Waals surface area contributed by atoms with Gasteiger partial charge in [0.05, 0.1) is 34.0 Å². The third-order valence-corrected chi connectivity index (χ3v) is 6.48. The van der Waals surface area contributed by atoms with Gasteiger partial charge < -0.3 is 25.3 Å². The summed E-state index contributed by atoms with van der Waals surface area (Å²) in [5.74, 6) is 4.22. The Morgan fingerprint density at radius 2 is 2.07 bits per heavy atom. The summed E-state index contributed by atoms with van der Waals surface area (Å²) in [5, 5.41) is 3.36.